The van der Waals surface area contributed by atoms with Gasteiger partial charge < -0.3 is 15.2 Å². The van der Waals surface area contributed by atoms with Crippen LogP contribution < -0.4 is 10.6 Å². The fourth-order valence-corrected chi connectivity index (χ4v) is 2.45. The van der Waals surface area contributed by atoms with Gasteiger partial charge in [-0.3, -0.25) is 4.99 Å². The summed E-state index contributed by atoms with van der Waals surface area (Å²) in [4.78, 5) is 4.67. The van der Waals surface area contributed by atoms with Gasteiger partial charge in [0.15, 0.2) is 5.96 Å². The Labute approximate surface area is 173 Å². The predicted octanol–water partition coefficient (Wildman–Crippen LogP) is 2.89. The summed E-state index contributed by atoms with van der Waals surface area (Å²) in [6.07, 6.45) is 3.66. The topological polar surface area (TPSA) is 67.1 Å². The summed E-state index contributed by atoms with van der Waals surface area (Å²) in [6, 6.07) is 10.5. The molecule has 2 rings (SSSR count). The second-order valence-corrected chi connectivity index (χ2v) is 6.47. The van der Waals surface area contributed by atoms with Crippen LogP contribution in [-0.2, 0) is 19.4 Å². The van der Waals surface area contributed by atoms with Gasteiger partial charge in [-0.25, -0.2) is 0 Å². The Hall–Kier alpha value is -1.64. The van der Waals surface area contributed by atoms with Crippen LogP contribution in [-0.4, -0.2) is 40.4 Å². The van der Waals surface area contributed by atoms with Crippen molar-refractivity contribution < 1.29 is 0 Å². The Kier molecular flexibility index (Phi) is 10.9. The highest BCUT2D eigenvalue weighted by molar-refractivity contribution is 14.0. The molecule has 26 heavy (non-hydrogen) atoms. The number of halogens is 1. The van der Waals surface area contributed by atoms with Crippen molar-refractivity contribution in [3.63, 3.8) is 0 Å². The molecule has 0 aliphatic heterocycles. The summed E-state index contributed by atoms with van der Waals surface area (Å²) in [6.45, 7) is 9.74. The summed E-state index contributed by atoms with van der Waals surface area (Å²) in [5.74, 6) is 2.42. The SMILES string of the molecule is CCc1nncn1CCNC(=NCC(C)C)NCCc1ccccc1.I. The molecule has 0 bridgehead atoms. The molecule has 0 fully saturated rings. The number of rotatable bonds is 9. The minimum absolute atomic E-state index is 0. The lowest BCUT2D eigenvalue weighted by molar-refractivity contribution is 0.623. The minimum atomic E-state index is 0. The summed E-state index contributed by atoms with van der Waals surface area (Å²) >= 11 is 0. The van der Waals surface area contributed by atoms with Gasteiger partial charge in [-0.1, -0.05) is 51.1 Å². The quantitative estimate of drug-likeness (QED) is 0.336. The number of guanidine groups is 1. The first-order chi connectivity index (χ1) is 12.2. The van der Waals surface area contributed by atoms with Gasteiger partial charge in [0.1, 0.15) is 12.2 Å². The average Bonchev–Trinajstić information content (AvgIpc) is 3.07. The van der Waals surface area contributed by atoms with E-state index >= 15 is 0 Å². The first-order valence-corrected chi connectivity index (χ1v) is 9.11. The highest BCUT2D eigenvalue weighted by Gasteiger charge is 2.03. The molecule has 1 aromatic carbocycles. The molecular weight excluding hydrogens is 439 g/mol. The van der Waals surface area contributed by atoms with E-state index in [1.165, 1.54) is 5.56 Å². The van der Waals surface area contributed by atoms with E-state index in [9.17, 15) is 0 Å². The molecule has 0 aliphatic rings. The van der Waals surface area contributed by atoms with Gasteiger partial charge in [-0.05, 0) is 17.9 Å². The monoisotopic (exact) mass is 470 g/mol. The van der Waals surface area contributed by atoms with E-state index in [1.54, 1.807) is 6.33 Å². The third-order valence-electron chi connectivity index (χ3n) is 3.82. The molecule has 1 aromatic heterocycles. The van der Waals surface area contributed by atoms with Crippen LogP contribution >= 0.6 is 24.0 Å². The summed E-state index contributed by atoms with van der Waals surface area (Å²) in [7, 11) is 0. The van der Waals surface area contributed by atoms with Gasteiger partial charge in [0.2, 0.25) is 0 Å². The van der Waals surface area contributed by atoms with E-state index in [4.69, 9.17) is 0 Å². The summed E-state index contributed by atoms with van der Waals surface area (Å²) in [5.41, 5.74) is 1.33. The maximum Gasteiger partial charge on any atom is 0.191 e. The highest BCUT2D eigenvalue weighted by atomic mass is 127. The van der Waals surface area contributed by atoms with Gasteiger partial charge in [0.05, 0.1) is 0 Å². The van der Waals surface area contributed by atoms with Crippen LogP contribution in [0.5, 0.6) is 0 Å². The van der Waals surface area contributed by atoms with E-state index < -0.39 is 0 Å². The van der Waals surface area contributed by atoms with Gasteiger partial charge in [-0.15, -0.1) is 34.2 Å². The molecule has 0 amide bonds. The largest absolute Gasteiger partial charge is 0.356 e. The Morgan fingerprint density at radius 1 is 1.15 bits per heavy atom. The molecule has 0 saturated carbocycles. The average molecular weight is 470 g/mol. The van der Waals surface area contributed by atoms with Crippen molar-refractivity contribution in [3.05, 3.63) is 48.0 Å². The van der Waals surface area contributed by atoms with Crippen molar-refractivity contribution in [1.82, 2.24) is 25.4 Å². The normalized spacial score (nSPS) is 11.3. The number of nitrogens with zero attached hydrogens (tertiary/aromatic N) is 4. The van der Waals surface area contributed by atoms with Crippen LogP contribution in [0.25, 0.3) is 0 Å². The Bertz CT molecular complexity index is 638. The van der Waals surface area contributed by atoms with E-state index in [1.807, 2.05) is 6.07 Å². The highest BCUT2D eigenvalue weighted by Crippen LogP contribution is 1.98. The standard InChI is InChI=1S/C19H30N6.HI/c1-4-18-24-23-15-25(18)13-12-21-19(22-14-16(2)3)20-11-10-17-8-6-5-7-9-17;/h5-9,15-16H,4,10-14H2,1-3H3,(H2,20,21,22);1H. The molecule has 7 heteroatoms. The van der Waals surface area contributed by atoms with Crippen LogP contribution in [0.4, 0.5) is 0 Å². The molecule has 2 N–H and O–H groups in total. The smallest absolute Gasteiger partial charge is 0.191 e. The molecule has 0 spiro atoms. The number of aryl methyl sites for hydroxylation is 1. The van der Waals surface area contributed by atoms with Crippen LogP contribution in [0.2, 0.25) is 0 Å². The van der Waals surface area contributed by atoms with Crippen LogP contribution in [0.15, 0.2) is 41.7 Å². The summed E-state index contributed by atoms with van der Waals surface area (Å²) < 4.78 is 2.08. The molecule has 0 radical (unpaired) electrons. The number of aromatic nitrogens is 3. The first-order valence-electron chi connectivity index (χ1n) is 9.11. The molecule has 2 aromatic rings. The number of aliphatic imine (C=N–C) groups is 1. The number of hydrogen-bond acceptors (Lipinski definition) is 3. The van der Waals surface area contributed by atoms with Gasteiger partial charge >= 0.3 is 0 Å². The zero-order valence-corrected chi connectivity index (χ0v) is 18.3. The van der Waals surface area contributed by atoms with Gasteiger partial charge in [0, 0.05) is 32.6 Å². The van der Waals surface area contributed by atoms with Crippen LogP contribution in [0.1, 0.15) is 32.2 Å². The van der Waals surface area contributed by atoms with E-state index in [0.717, 1.165) is 50.8 Å². The molecule has 6 nitrogen and oxygen atoms in total. The number of benzene rings is 1. The van der Waals surface area contributed by atoms with Gasteiger partial charge in [0.25, 0.3) is 0 Å². The third kappa shape index (κ3) is 8.16. The van der Waals surface area contributed by atoms with E-state index in [2.05, 4.69) is 75.4 Å². The fraction of sp³-hybridized carbons (Fsp3) is 0.526. The summed E-state index contributed by atoms with van der Waals surface area (Å²) in [5, 5.41) is 14.9. The minimum Gasteiger partial charge on any atom is -0.356 e. The zero-order chi connectivity index (χ0) is 17.9. The second-order valence-electron chi connectivity index (χ2n) is 6.47. The molecule has 0 unspecified atom stereocenters. The molecule has 0 saturated heterocycles. The Morgan fingerprint density at radius 3 is 2.58 bits per heavy atom. The zero-order valence-electron chi connectivity index (χ0n) is 16.0. The van der Waals surface area contributed by atoms with E-state index in [-0.39, 0.29) is 24.0 Å². The van der Waals surface area contributed by atoms with Crippen molar-refractivity contribution in [2.24, 2.45) is 10.9 Å². The van der Waals surface area contributed by atoms with Crippen LogP contribution in [0, 0.1) is 5.92 Å². The van der Waals surface area contributed by atoms with Crippen LogP contribution in [0.3, 0.4) is 0 Å². The first kappa shape index (κ1) is 22.4. The lowest BCUT2D eigenvalue weighted by Gasteiger charge is -2.14. The van der Waals surface area contributed by atoms with Crippen molar-refractivity contribution in [3.8, 4) is 0 Å². The number of nitrogens with one attached hydrogen (secondary N) is 2. The Morgan fingerprint density at radius 2 is 1.88 bits per heavy atom. The second kappa shape index (κ2) is 12.7. The molecule has 144 valence electrons. The molecule has 0 atom stereocenters. The maximum atomic E-state index is 4.67. The molecule has 0 aliphatic carbocycles. The lowest BCUT2D eigenvalue weighted by Crippen LogP contribution is -2.40. The van der Waals surface area contributed by atoms with Gasteiger partial charge in [-0.2, -0.15) is 0 Å². The fourth-order valence-electron chi connectivity index (χ4n) is 2.45. The van der Waals surface area contributed by atoms with Crippen molar-refractivity contribution >= 4 is 29.9 Å². The van der Waals surface area contributed by atoms with Crippen molar-refractivity contribution in [2.75, 3.05) is 19.6 Å². The van der Waals surface area contributed by atoms with Crippen molar-refractivity contribution in [1.29, 1.82) is 0 Å². The predicted molar refractivity (Wildman–Crippen MR) is 118 cm³/mol. The molecule has 1 heterocycles. The number of hydrogen-bond donors (Lipinski definition) is 2. The lowest BCUT2D eigenvalue weighted by atomic mass is 10.1. The van der Waals surface area contributed by atoms with E-state index in [0.29, 0.717) is 5.92 Å². The van der Waals surface area contributed by atoms with Crippen molar-refractivity contribution in [2.45, 2.75) is 40.2 Å². The molecular formula is C19H31IN6. The third-order valence-corrected chi connectivity index (χ3v) is 3.82. The Balaban J connectivity index is 0.00000338. The maximum absolute atomic E-state index is 4.67.